The third-order valence-corrected chi connectivity index (χ3v) is 8.40. The zero-order valence-corrected chi connectivity index (χ0v) is 23.9. The molecule has 1 aromatic rings. The molecule has 0 bridgehead atoms. The van der Waals surface area contributed by atoms with Crippen molar-refractivity contribution >= 4 is 23.7 Å². The van der Waals surface area contributed by atoms with Crippen molar-refractivity contribution in [3.05, 3.63) is 29.3 Å². The molecule has 1 aromatic carbocycles. The summed E-state index contributed by atoms with van der Waals surface area (Å²) in [6.45, 7) is 10.8. The summed E-state index contributed by atoms with van der Waals surface area (Å²) >= 11 is 0. The average molecular weight is 555 g/mol. The molecule has 3 saturated heterocycles. The summed E-state index contributed by atoms with van der Waals surface area (Å²) in [6.07, 6.45) is 5.32. The lowest BCUT2D eigenvalue weighted by Crippen LogP contribution is -2.52. The van der Waals surface area contributed by atoms with Gasteiger partial charge < -0.3 is 24.2 Å². The molecule has 218 valence electrons. The molecule has 0 aliphatic carbocycles. The second-order valence-electron chi connectivity index (χ2n) is 12.5. The maximum atomic E-state index is 12.9. The fourth-order valence-corrected chi connectivity index (χ4v) is 6.33. The number of imide groups is 1. The number of benzene rings is 1. The van der Waals surface area contributed by atoms with Crippen molar-refractivity contribution in [1.29, 1.82) is 0 Å². The Bertz CT molecular complexity index is 1130. The summed E-state index contributed by atoms with van der Waals surface area (Å²) in [5.74, 6) is -0.216. The first-order valence-corrected chi connectivity index (χ1v) is 14.7. The Morgan fingerprint density at radius 3 is 2.40 bits per heavy atom. The number of likely N-dealkylation sites (tertiary alicyclic amines) is 2. The van der Waals surface area contributed by atoms with Crippen LogP contribution in [0.1, 0.15) is 81.6 Å². The van der Waals surface area contributed by atoms with Crippen LogP contribution in [0, 0.1) is 0 Å². The minimum absolute atomic E-state index is 0.127. The van der Waals surface area contributed by atoms with Crippen molar-refractivity contribution in [3.8, 4) is 5.75 Å². The second kappa shape index (κ2) is 11.9. The monoisotopic (exact) mass is 554 g/mol. The van der Waals surface area contributed by atoms with Crippen LogP contribution in [-0.2, 0) is 25.7 Å². The van der Waals surface area contributed by atoms with Crippen LogP contribution in [0.25, 0.3) is 0 Å². The maximum Gasteiger partial charge on any atom is 0.307 e. The molecule has 1 unspecified atom stereocenters. The van der Waals surface area contributed by atoms with Gasteiger partial charge in [0.1, 0.15) is 23.5 Å². The Morgan fingerprint density at radius 2 is 1.73 bits per heavy atom. The van der Waals surface area contributed by atoms with Gasteiger partial charge in [-0.3, -0.25) is 24.5 Å². The van der Waals surface area contributed by atoms with Gasteiger partial charge >= 0.3 is 5.97 Å². The number of ether oxygens (including phenoxy) is 2. The summed E-state index contributed by atoms with van der Waals surface area (Å²) in [5, 5.41) is 2.34. The quantitative estimate of drug-likeness (QED) is 0.405. The van der Waals surface area contributed by atoms with Gasteiger partial charge in [0.2, 0.25) is 11.8 Å². The summed E-state index contributed by atoms with van der Waals surface area (Å²) < 4.78 is 11.8. The third-order valence-electron chi connectivity index (χ3n) is 8.40. The van der Waals surface area contributed by atoms with Crippen LogP contribution in [0.15, 0.2) is 18.2 Å². The van der Waals surface area contributed by atoms with E-state index in [1.54, 1.807) is 11.0 Å². The zero-order chi connectivity index (χ0) is 28.4. The number of piperidine rings is 3. The van der Waals surface area contributed by atoms with Crippen molar-refractivity contribution in [2.24, 2.45) is 0 Å². The molecular weight excluding hydrogens is 512 g/mol. The van der Waals surface area contributed by atoms with Crippen molar-refractivity contribution in [3.63, 3.8) is 0 Å². The van der Waals surface area contributed by atoms with E-state index < -0.39 is 17.6 Å². The van der Waals surface area contributed by atoms with E-state index in [1.807, 2.05) is 32.9 Å². The Balaban J connectivity index is 1.05. The van der Waals surface area contributed by atoms with Crippen LogP contribution in [0.2, 0.25) is 0 Å². The Morgan fingerprint density at radius 1 is 1.00 bits per heavy atom. The van der Waals surface area contributed by atoms with Gasteiger partial charge in [0.25, 0.3) is 5.91 Å². The van der Waals surface area contributed by atoms with Gasteiger partial charge in [-0.05, 0) is 89.7 Å². The SMILES string of the molecule is CC(C)(C)OC(=O)CCN1CCC(N2CCC(Oc3ccc4c(c3)CN(C3CCC(=O)NC3=O)C4=O)CC2)CC1. The molecule has 40 heavy (non-hydrogen) atoms. The highest BCUT2D eigenvalue weighted by Crippen LogP contribution is 2.31. The number of hydrogen-bond donors (Lipinski definition) is 1. The Hall–Kier alpha value is -2.98. The van der Waals surface area contributed by atoms with Gasteiger partial charge in [-0.15, -0.1) is 0 Å². The van der Waals surface area contributed by atoms with Gasteiger partial charge in [-0.25, -0.2) is 0 Å². The number of nitrogens with one attached hydrogen (secondary N) is 1. The number of fused-ring (bicyclic) bond motifs is 1. The lowest BCUT2D eigenvalue weighted by molar-refractivity contribution is -0.155. The van der Waals surface area contributed by atoms with Crippen LogP contribution in [0.3, 0.4) is 0 Å². The van der Waals surface area contributed by atoms with Gasteiger partial charge in [-0.2, -0.15) is 0 Å². The van der Waals surface area contributed by atoms with Crippen molar-refractivity contribution < 1.29 is 28.7 Å². The molecule has 0 radical (unpaired) electrons. The summed E-state index contributed by atoms with van der Waals surface area (Å²) in [6, 6.07) is 5.54. The molecule has 0 spiro atoms. The van der Waals surface area contributed by atoms with E-state index in [4.69, 9.17) is 9.47 Å². The number of carbonyl (C=O) groups is 4. The molecule has 4 aliphatic heterocycles. The molecule has 4 heterocycles. The van der Waals surface area contributed by atoms with E-state index in [9.17, 15) is 19.2 Å². The maximum absolute atomic E-state index is 12.9. The predicted molar refractivity (Wildman–Crippen MR) is 148 cm³/mol. The first-order valence-electron chi connectivity index (χ1n) is 14.7. The van der Waals surface area contributed by atoms with Crippen LogP contribution >= 0.6 is 0 Å². The van der Waals surface area contributed by atoms with E-state index in [2.05, 4.69) is 15.1 Å². The van der Waals surface area contributed by atoms with E-state index in [1.165, 1.54) is 0 Å². The highest BCUT2D eigenvalue weighted by molar-refractivity contribution is 6.05. The molecule has 10 heteroatoms. The van der Waals surface area contributed by atoms with Crippen molar-refractivity contribution in [1.82, 2.24) is 20.0 Å². The molecular formula is C30H42N4O6. The number of hydrogen-bond acceptors (Lipinski definition) is 8. The fraction of sp³-hybridized carbons (Fsp3) is 0.667. The standard InChI is InChI=1S/C30H42N4O6/c1-30(2,3)40-27(36)12-15-32-13-8-21(9-14-32)33-16-10-22(11-17-33)39-23-4-5-24-20(18-23)19-34(29(24)38)25-6-7-26(35)31-28(25)37/h4-5,18,21-22,25H,6-17,19H2,1-3H3,(H,31,35,37). The highest BCUT2D eigenvalue weighted by atomic mass is 16.6. The molecule has 0 aromatic heterocycles. The third kappa shape index (κ3) is 6.83. The average Bonchev–Trinajstić information content (AvgIpc) is 3.22. The molecule has 5 rings (SSSR count). The van der Waals surface area contributed by atoms with Gasteiger partial charge in [0.05, 0.1) is 6.42 Å². The molecule has 1 atom stereocenters. The van der Waals surface area contributed by atoms with E-state index in [-0.39, 0.29) is 30.3 Å². The molecule has 3 fully saturated rings. The Labute approximate surface area is 236 Å². The lowest BCUT2D eigenvalue weighted by Gasteiger charge is -2.41. The summed E-state index contributed by atoms with van der Waals surface area (Å²) in [7, 11) is 0. The molecule has 3 amide bonds. The molecule has 1 N–H and O–H groups in total. The summed E-state index contributed by atoms with van der Waals surface area (Å²) in [4.78, 5) is 55.3. The minimum atomic E-state index is -0.608. The lowest BCUT2D eigenvalue weighted by atomic mass is 9.98. The summed E-state index contributed by atoms with van der Waals surface area (Å²) in [5.41, 5.74) is 1.03. The second-order valence-corrected chi connectivity index (χ2v) is 12.5. The first kappa shape index (κ1) is 28.5. The highest BCUT2D eigenvalue weighted by Gasteiger charge is 2.39. The Kier molecular flexibility index (Phi) is 8.47. The van der Waals surface area contributed by atoms with E-state index in [0.717, 1.165) is 69.7 Å². The van der Waals surface area contributed by atoms with Crippen molar-refractivity contribution in [2.45, 2.75) is 96.1 Å². The number of esters is 1. The van der Waals surface area contributed by atoms with E-state index in [0.29, 0.717) is 31.0 Å². The molecule has 0 saturated carbocycles. The van der Waals surface area contributed by atoms with Crippen LogP contribution in [-0.4, -0.2) is 94.9 Å². The zero-order valence-electron chi connectivity index (χ0n) is 23.9. The van der Waals surface area contributed by atoms with Crippen LogP contribution in [0.4, 0.5) is 0 Å². The van der Waals surface area contributed by atoms with Crippen molar-refractivity contribution in [2.75, 3.05) is 32.7 Å². The largest absolute Gasteiger partial charge is 0.490 e. The number of amides is 3. The predicted octanol–water partition coefficient (Wildman–Crippen LogP) is 2.49. The van der Waals surface area contributed by atoms with Crippen LogP contribution in [0.5, 0.6) is 5.75 Å². The topological polar surface area (TPSA) is 108 Å². The smallest absolute Gasteiger partial charge is 0.307 e. The van der Waals surface area contributed by atoms with Gasteiger partial charge in [0, 0.05) is 44.2 Å². The molecule has 4 aliphatic rings. The van der Waals surface area contributed by atoms with E-state index >= 15 is 0 Å². The van der Waals surface area contributed by atoms with Crippen LogP contribution < -0.4 is 10.1 Å². The molecule has 10 nitrogen and oxygen atoms in total. The minimum Gasteiger partial charge on any atom is -0.490 e. The number of nitrogens with zero attached hydrogens (tertiary/aromatic N) is 3. The number of carbonyl (C=O) groups excluding carboxylic acids is 4. The van der Waals surface area contributed by atoms with Gasteiger partial charge in [-0.1, -0.05) is 0 Å². The van der Waals surface area contributed by atoms with Gasteiger partial charge in [0.15, 0.2) is 0 Å². The normalized spacial score (nSPS) is 23.7. The first-order chi connectivity index (χ1) is 19.1. The fourth-order valence-electron chi connectivity index (χ4n) is 6.33. The number of rotatable bonds is 7.